The summed E-state index contributed by atoms with van der Waals surface area (Å²) in [5.41, 5.74) is 0. The number of aliphatic hydroxyl groups excluding tert-OH is 2. The Morgan fingerprint density at radius 1 is 0.287 bits per heavy atom. The van der Waals surface area contributed by atoms with Crippen molar-refractivity contribution in [3.8, 4) is 0 Å². The predicted molar refractivity (Wildman–Crippen MR) is 417 cm³/mol. The van der Waals surface area contributed by atoms with Crippen molar-refractivity contribution in [2.75, 3.05) is 39.6 Å². The number of rotatable bonds is 74. The molecule has 0 aromatic heterocycles. The molecule has 0 radical (unpaired) electrons. The van der Waals surface area contributed by atoms with Crippen LogP contribution in [0.3, 0.4) is 0 Å². The summed E-state index contributed by atoms with van der Waals surface area (Å²) < 4.78 is 61.0. The van der Waals surface area contributed by atoms with E-state index in [-0.39, 0.29) is 19.3 Å². The van der Waals surface area contributed by atoms with Gasteiger partial charge in [-0.25, -0.2) is 9.13 Å². The minimum atomic E-state index is -4.94. The van der Waals surface area contributed by atoms with Crippen LogP contribution in [0.15, 0.2) is 134 Å². The molecule has 101 heavy (non-hydrogen) atoms. The van der Waals surface area contributed by atoms with Crippen LogP contribution in [0.25, 0.3) is 0 Å². The Balaban J connectivity index is 4.44. The molecule has 0 aliphatic rings. The number of aliphatic hydroxyl groups is 2. The van der Waals surface area contributed by atoms with E-state index >= 15 is 0 Å². The van der Waals surface area contributed by atoms with Gasteiger partial charge in [-0.15, -0.1) is 0 Å². The van der Waals surface area contributed by atoms with Gasteiger partial charge in [-0.3, -0.25) is 32.5 Å². The standard InChI is InChI=1S/C83H142O16P2/c1-4-7-10-13-16-19-22-25-28-30-31-32-33-34-35-36-37-38-39-40-41-42-43-44-45-47-50-51-54-57-60-63-66-69-81(86)93-72-78(84)73-95-100(89,90)96-74-79(85)75-97-101(91,92)98-77-80(99-83(88)71-68-65-62-59-56-53-48-27-24-21-18-15-12-9-6-3)76-94-82(87)70-67-64-61-58-55-52-49-46-29-26-23-20-17-14-11-8-5-2/h8-9,11-12,16-21,25-29,31-32,34-35,48-49,52,78-80,84-85H,4-7,10,13-15,22-24,30,33,36-47,50-51,53-77H2,1-3H3,(H,89,90)(H,91,92)/b11-8-,12-9-,19-16-,20-17-,21-18-,28-25-,29-26-,32-31-,35-34-,48-27-,52-49-. The molecule has 16 nitrogen and oxygen atoms in total. The van der Waals surface area contributed by atoms with Crippen LogP contribution in [0.1, 0.15) is 316 Å². The Bertz CT molecular complexity index is 2370. The molecule has 0 aliphatic carbocycles. The van der Waals surface area contributed by atoms with E-state index in [9.17, 15) is 43.5 Å². The highest BCUT2D eigenvalue weighted by Crippen LogP contribution is 2.45. The van der Waals surface area contributed by atoms with Crippen molar-refractivity contribution < 1.29 is 75.8 Å². The van der Waals surface area contributed by atoms with Crippen molar-refractivity contribution in [1.29, 1.82) is 0 Å². The smallest absolute Gasteiger partial charge is 0.463 e. The zero-order valence-corrected chi connectivity index (χ0v) is 65.1. The number of unbranched alkanes of at least 4 members (excludes halogenated alkanes) is 29. The lowest BCUT2D eigenvalue weighted by Crippen LogP contribution is -2.30. The normalized spacial score (nSPS) is 14.7. The summed E-state index contributed by atoms with van der Waals surface area (Å²) in [6, 6.07) is 0. The van der Waals surface area contributed by atoms with E-state index in [2.05, 4.69) is 154 Å². The molecule has 5 atom stereocenters. The molecule has 0 aromatic carbocycles. The van der Waals surface area contributed by atoms with Crippen LogP contribution in [0.4, 0.5) is 0 Å². The third-order valence-corrected chi connectivity index (χ3v) is 18.2. The highest BCUT2D eigenvalue weighted by atomic mass is 31.2. The molecule has 0 rings (SSSR count). The number of hydrogen-bond acceptors (Lipinski definition) is 14. The molecule has 0 saturated carbocycles. The minimum absolute atomic E-state index is 0.0765. The van der Waals surface area contributed by atoms with Gasteiger partial charge in [0.05, 0.1) is 26.4 Å². The van der Waals surface area contributed by atoms with E-state index in [0.29, 0.717) is 19.3 Å². The fourth-order valence-electron chi connectivity index (χ4n) is 10.4. The quantitative estimate of drug-likeness (QED) is 0.0146. The molecule has 0 heterocycles. The van der Waals surface area contributed by atoms with E-state index in [1.54, 1.807) is 0 Å². The Morgan fingerprint density at radius 2 is 0.525 bits per heavy atom. The van der Waals surface area contributed by atoms with Gasteiger partial charge in [0, 0.05) is 19.3 Å². The summed E-state index contributed by atoms with van der Waals surface area (Å²) in [5, 5.41) is 20.6. The molecule has 0 saturated heterocycles. The van der Waals surface area contributed by atoms with E-state index < -0.39 is 91.5 Å². The van der Waals surface area contributed by atoms with Crippen LogP contribution < -0.4 is 0 Å². The van der Waals surface area contributed by atoms with Gasteiger partial charge in [-0.1, -0.05) is 296 Å². The summed E-state index contributed by atoms with van der Waals surface area (Å²) in [6.07, 6.45) is 90.9. The van der Waals surface area contributed by atoms with Crippen LogP contribution in [0.2, 0.25) is 0 Å². The highest BCUT2D eigenvalue weighted by molar-refractivity contribution is 7.47. The maximum atomic E-state index is 12.9. The number of esters is 3. The highest BCUT2D eigenvalue weighted by Gasteiger charge is 2.29. The number of carbonyl (C=O) groups excluding carboxylic acids is 3. The van der Waals surface area contributed by atoms with Crippen molar-refractivity contribution >= 4 is 33.6 Å². The summed E-state index contributed by atoms with van der Waals surface area (Å²) in [4.78, 5) is 58.6. The van der Waals surface area contributed by atoms with E-state index in [4.69, 9.17) is 32.3 Å². The number of phosphoric acid groups is 2. The molecule has 0 spiro atoms. The Hall–Kier alpha value is -4.31. The SMILES string of the molecule is CC/C=C\C/C=C\C/C=C\C/C=C\CCCCCCC(=O)OCC(COP(=O)(O)OCC(O)COP(=O)(O)OCC(O)COC(=O)CCCCCCCCCCCCCCCCCCC/C=C\C/C=C\C/C=C\C/C=C\CCCCC)OC(=O)CCCCCCC/C=C\C/C=C\C/C=C\CC. The monoisotopic (exact) mass is 1460 g/mol. The first-order valence-corrected chi connectivity index (χ1v) is 42.5. The molecular formula is C83H142O16P2. The third-order valence-electron chi connectivity index (χ3n) is 16.3. The summed E-state index contributed by atoms with van der Waals surface area (Å²) in [7, 11) is -9.80. The second-order valence-corrected chi connectivity index (χ2v) is 29.0. The molecule has 18 heteroatoms. The van der Waals surface area contributed by atoms with Crippen molar-refractivity contribution in [3.05, 3.63) is 134 Å². The summed E-state index contributed by atoms with van der Waals surface area (Å²) >= 11 is 0. The van der Waals surface area contributed by atoms with Crippen LogP contribution in [-0.4, -0.2) is 95.9 Å². The zero-order chi connectivity index (χ0) is 73.7. The number of allylic oxidation sites excluding steroid dienone is 22. The number of carbonyl (C=O) groups is 3. The maximum absolute atomic E-state index is 12.9. The average molecular weight is 1460 g/mol. The first-order valence-electron chi connectivity index (χ1n) is 39.5. The van der Waals surface area contributed by atoms with Crippen molar-refractivity contribution in [2.24, 2.45) is 0 Å². The van der Waals surface area contributed by atoms with Gasteiger partial charge < -0.3 is 34.2 Å². The summed E-state index contributed by atoms with van der Waals surface area (Å²) in [5.74, 6) is -1.62. The number of ether oxygens (including phenoxy) is 3. The van der Waals surface area contributed by atoms with Crippen molar-refractivity contribution in [2.45, 2.75) is 334 Å². The molecule has 0 fully saturated rings. The minimum Gasteiger partial charge on any atom is -0.463 e. The van der Waals surface area contributed by atoms with Crippen molar-refractivity contribution in [1.82, 2.24) is 0 Å². The molecule has 0 amide bonds. The lowest BCUT2D eigenvalue weighted by Gasteiger charge is -2.21. The Kier molecular flexibility index (Phi) is 72.2. The first-order chi connectivity index (χ1) is 49.2. The van der Waals surface area contributed by atoms with Gasteiger partial charge in [0.1, 0.15) is 25.4 Å². The molecule has 0 bridgehead atoms. The van der Waals surface area contributed by atoms with Crippen LogP contribution in [0.5, 0.6) is 0 Å². The van der Waals surface area contributed by atoms with Gasteiger partial charge in [0.25, 0.3) is 0 Å². The zero-order valence-electron chi connectivity index (χ0n) is 63.3. The van der Waals surface area contributed by atoms with Gasteiger partial charge in [-0.05, 0) is 135 Å². The predicted octanol–water partition coefficient (Wildman–Crippen LogP) is 23.1. The third kappa shape index (κ3) is 76.6. The van der Waals surface area contributed by atoms with Gasteiger partial charge >= 0.3 is 33.6 Å². The van der Waals surface area contributed by atoms with Crippen LogP contribution in [0, 0.1) is 0 Å². The fourth-order valence-corrected chi connectivity index (χ4v) is 12.0. The Labute approximate surface area is 614 Å². The van der Waals surface area contributed by atoms with E-state index in [0.717, 1.165) is 141 Å². The lowest BCUT2D eigenvalue weighted by atomic mass is 10.0. The molecule has 4 N–H and O–H groups in total. The van der Waals surface area contributed by atoms with E-state index in [1.165, 1.54) is 116 Å². The molecule has 0 aromatic rings. The van der Waals surface area contributed by atoms with Gasteiger partial charge in [0.2, 0.25) is 0 Å². The number of hydrogen-bond donors (Lipinski definition) is 4. The molecule has 0 aliphatic heterocycles. The van der Waals surface area contributed by atoms with Gasteiger partial charge in [0.15, 0.2) is 6.10 Å². The summed E-state index contributed by atoms with van der Waals surface area (Å²) in [6.45, 7) is 2.38. The molecule has 5 unspecified atom stereocenters. The first kappa shape index (κ1) is 96.7. The largest absolute Gasteiger partial charge is 0.472 e. The van der Waals surface area contributed by atoms with Crippen LogP contribution in [-0.2, 0) is 55.8 Å². The Morgan fingerprint density at radius 3 is 0.832 bits per heavy atom. The molecule has 580 valence electrons. The maximum Gasteiger partial charge on any atom is 0.472 e. The molecular weight excluding hydrogens is 1310 g/mol. The topological polar surface area (TPSA) is 231 Å². The number of phosphoric ester groups is 2. The second-order valence-electron chi connectivity index (χ2n) is 26.1. The van der Waals surface area contributed by atoms with Crippen LogP contribution >= 0.6 is 15.6 Å². The van der Waals surface area contributed by atoms with Crippen molar-refractivity contribution in [3.63, 3.8) is 0 Å². The lowest BCUT2D eigenvalue weighted by molar-refractivity contribution is -0.161. The van der Waals surface area contributed by atoms with Gasteiger partial charge in [-0.2, -0.15) is 0 Å². The fraction of sp³-hybridized carbons (Fsp3) is 0.699. The average Bonchev–Trinajstić information content (AvgIpc) is 0.944. The van der Waals surface area contributed by atoms with E-state index in [1.807, 2.05) is 0 Å². The second kappa shape index (κ2) is 75.4.